The van der Waals surface area contributed by atoms with Gasteiger partial charge in [-0.1, -0.05) is 20.8 Å². The van der Waals surface area contributed by atoms with Crippen molar-refractivity contribution in [3.8, 4) is 5.75 Å². The Balaban J connectivity index is 2.09. The van der Waals surface area contributed by atoms with Crippen molar-refractivity contribution in [1.82, 2.24) is 0 Å². The van der Waals surface area contributed by atoms with Crippen LogP contribution in [-0.2, 0) is 15.6 Å². The van der Waals surface area contributed by atoms with E-state index < -0.39 is 14.3 Å². The number of aliphatic carboxylic acids is 1. The lowest BCUT2D eigenvalue weighted by atomic mass is 10.1. The molecule has 1 aromatic carbocycles. The molecule has 1 heterocycles. The van der Waals surface area contributed by atoms with Crippen molar-refractivity contribution >= 4 is 41.5 Å². The van der Waals surface area contributed by atoms with Crippen LogP contribution in [0.3, 0.4) is 0 Å². The first kappa shape index (κ1) is 23.6. The highest BCUT2D eigenvalue weighted by molar-refractivity contribution is 7.20. The predicted molar refractivity (Wildman–Crippen MR) is 121 cm³/mol. The van der Waals surface area contributed by atoms with Gasteiger partial charge in [0.25, 0.3) is 0 Å². The molecule has 0 fully saturated rings. The Morgan fingerprint density at radius 3 is 2.41 bits per heavy atom. The number of Topliss-reactive ketones (excluding diaryl/α,β-unsaturated/α-hetero) is 1. The molecule has 160 valence electrons. The van der Waals surface area contributed by atoms with E-state index in [4.69, 9.17) is 14.3 Å². The van der Waals surface area contributed by atoms with E-state index >= 15 is 0 Å². The Kier molecular flexibility index (Phi) is 7.65. The van der Waals surface area contributed by atoms with Crippen molar-refractivity contribution in [2.24, 2.45) is 0 Å². The summed E-state index contributed by atoms with van der Waals surface area (Å²) in [4.78, 5) is 23.6. The monoisotopic (exact) mass is 436 g/mol. The van der Waals surface area contributed by atoms with Gasteiger partial charge in [0, 0.05) is 17.7 Å². The molecule has 1 aromatic heterocycles. The Morgan fingerprint density at radius 2 is 1.83 bits per heavy atom. The number of carboxylic acid groups (broad SMARTS) is 1. The van der Waals surface area contributed by atoms with Crippen LogP contribution >= 0.6 is 11.3 Å². The third-order valence-corrected chi connectivity index (χ3v) is 11.3. The topological polar surface area (TPSA) is 72.8 Å². The smallest absolute Gasteiger partial charge is 0.303 e. The molecule has 0 unspecified atom stereocenters. The number of hydrogen-bond acceptors (Lipinski definition) is 5. The second-order valence-electron chi connectivity index (χ2n) is 8.84. The lowest BCUT2D eigenvalue weighted by Gasteiger charge is -2.36. The molecule has 2 rings (SSSR count). The molecule has 0 amide bonds. The van der Waals surface area contributed by atoms with Crippen LogP contribution in [0.15, 0.2) is 18.2 Å². The first-order valence-electron chi connectivity index (χ1n) is 9.94. The van der Waals surface area contributed by atoms with Gasteiger partial charge in [-0.15, -0.1) is 11.3 Å². The molecule has 0 aliphatic carbocycles. The van der Waals surface area contributed by atoms with E-state index in [1.807, 2.05) is 12.1 Å². The number of carboxylic acids is 1. The highest BCUT2D eigenvalue weighted by Crippen LogP contribution is 2.37. The van der Waals surface area contributed by atoms with Crippen molar-refractivity contribution in [3.05, 3.63) is 28.6 Å². The highest BCUT2D eigenvalue weighted by atomic mass is 32.1. The molecule has 5 nitrogen and oxygen atoms in total. The summed E-state index contributed by atoms with van der Waals surface area (Å²) in [6.45, 7) is 12.0. The molecule has 0 saturated heterocycles. The molecule has 0 atom stereocenters. The van der Waals surface area contributed by atoms with Crippen LogP contribution in [0.1, 0.15) is 55.3 Å². The Bertz CT molecular complexity index is 879. The van der Waals surface area contributed by atoms with Crippen molar-refractivity contribution in [3.63, 3.8) is 0 Å². The van der Waals surface area contributed by atoms with Crippen molar-refractivity contribution in [2.45, 2.75) is 64.6 Å². The summed E-state index contributed by atoms with van der Waals surface area (Å²) in [5, 5.41) is 9.93. The van der Waals surface area contributed by atoms with Gasteiger partial charge in [0.1, 0.15) is 5.75 Å². The van der Waals surface area contributed by atoms with Gasteiger partial charge in [0.15, 0.2) is 14.1 Å². The fourth-order valence-electron chi connectivity index (χ4n) is 2.78. The number of ketones is 1. The number of benzene rings is 1. The van der Waals surface area contributed by atoms with Gasteiger partial charge < -0.3 is 14.3 Å². The maximum atomic E-state index is 12.2. The first-order valence-corrected chi connectivity index (χ1v) is 13.7. The highest BCUT2D eigenvalue weighted by Gasteiger charge is 2.36. The van der Waals surface area contributed by atoms with Gasteiger partial charge in [0.2, 0.25) is 0 Å². The first-order chi connectivity index (χ1) is 13.4. The Morgan fingerprint density at radius 1 is 1.14 bits per heavy atom. The number of ether oxygens (including phenoxy) is 1. The molecule has 0 saturated carbocycles. The summed E-state index contributed by atoms with van der Waals surface area (Å²) >= 11 is 1.41. The zero-order valence-electron chi connectivity index (χ0n) is 18.3. The third kappa shape index (κ3) is 6.14. The summed E-state index contributed by atoms with van der Waals surface area (Å²) in [5.41, 5.74) is 1.10. The summed E-state index contributed by atoms with van der Waals surface area (Å²) in [5.74, 6) is -0.271. The molecule has 0 bridgehead atoms. The molecule has 0 radical (unpaired) electrons. The molecular weight excluding hydrogens is 404 g/mol. The van der Waals surface area contributed by atoms with Crippen LogP contribution in [0.4, 0.5) is 0 Å². The lowest BCUT2D eigenvalue weighted by molar-refractivity contribution is -0.136. The molecule has 0 aliphatic heterocycles. The van der Waals surface area contributed by atoms with Crippen LogP contribution in [0.5, 0.6) is 5.75 Å². The number of hydrogen-bond donors (Lipinski definition) is 1. The van der Waals surface area contributed by atoms with Crippen molar-refractivity contribution < 1.29 is 23.9 Å². The Hall–Kier alpha value is -1.70. The summed E-state index contributed by atoms with van der Waals surface area (Å²) < 4.78 is 12.8. The molecule has 29 heavy (non-hydrogen) atoms. The number of carbonyl (C=O) groups excluding carboxylic acids is 1. The number of aryl methyl sites for hydroxylation is 1. The van der Waals surface area contributed by atoms with Gasteiger partial charge in [0.05, 0.1) is 18.4 Å². The fraction of sp³-hybridized carbons (Fsp3) is 0.545. The Labute approximate surface area is 178 Å². The van der Waals surface area contributed by atoms with E-state index in [0.717, 1.165) is 40.8 Å². The van der Waals surface area contributed by atoms with Crippen LogP contribution in [-0.4, -0.2) is 38.9 Å². The second kappa shape index (κ2) is 9.41. The van der Waals surface area contributed by atoms with E-state index in [-0.39, 0.29) is 23.7 Å². The molecule has 7 heteroatoms. The second-order valence-corrected chi connectivity index (χ2v) is 14.7. The van der Waals surface area contributed by atoms with Gasteiger partial charge in [-0.3, -0.25) is 9.59 Å². The minimum absolute atomic E-state index is 0.0247. The van der Waals surface area contributed by atoms with E-state index in [1.54, 1.807) is 7.11 Å². The van der Waals surface area contributed by atoms with Crippen LogP contribution in [0.25, 0.3) is 10.1 Å². The zero-order valence-corrected chi connectivity index (χ0v) is 20.1. The number of fused-ring (bicyclic) bond motifs is 1. The summed E-state index contributed by atoms with van der Waals surface area (Å²) in [6.07, 6.45) is 1.63. The third-order valence-electron chi connectivity index (χ3n) is 5.62. The quantitative estimate of drug-likeness (QED) is 0.285. The standard InChI is InChI=1S/C22H32O5SSi/c1-22(2,3)29(5,6)27-11-7-8-15-13-19-16(12-18(15)26-4)14-20(28-19)17(23)9-10-21(24)25/h12-14H,7-11H2,1-6H3,(H,24,25). The number of rotatable bonds is 10. The fourth-order valence-corrected chi connectivity index (χ4v) is 4.94. The number of carbonyl (C=O) groups is 2. The zero-order chi connectivity index (χ0) is 21.8. The predicted octanol–water partition coefficient (Wildman–Crippen LogP) is 5.91. The van der Waals surface area contributed by atoms with E-state index in [9.17, 15) is 9.59 Å². The largest absolute Gasteiger partial charge is 0.496 e. The summed E-state index contributed by atoms with van der Waals surface area (Å²) in [6, 6.07) is 5.88. The molecule has 1 N–H and O–H groups in total. The average Bonchev–Trinajstić information content (AvgIpc) is 3.04. The van der Waals surface area contributed by atoms with Gasteiger partial charge in [-0.05, 0) is 60.1 Å². The maximum Gasteiger partial charge on any atom is 0.303 e. The normalized spacial score (nSPS) is 12.3. The molecular formula is C22H32O5SSi. The van der Waals surface area contributed by atoms with Gasteiger partial charge in [-0.25, -0.2) is 0 Å². The minimum atomic E-state index is -1.74. The van der Waals surface area contributed by atoms with E-state index in [2.05, 4.69) is 39.9 Å². The van der Waals surface area contributed by atoms with E-state index in [0.29, 0.717) is 4.88 Å². The maximum absolute atomic E-state index is 12.2. The minimum Gasteiger partial charge on any atom is -0.496 e. The van der Waals surface area contributed by atoms with Crippen LogP contribution in [0, 0.1) is 0 Å². The van der Waals surface area contributed by atoms with Crippen molar-refractivity contribution in [1.29, 1.82) is 0 Å². The van der Waals surface area contributed by atoms with Crippen molar-refractivity contribution in [2.75, 3.05) is 13.7 Å². The SMILES string of the molecule is COc1cc2cc(C(=O)CCC(=O)O)sc2cc1CCCO[Si](C)(C)C(C)(C)C. The number of thiophene rings is 1. The molecule has 2 aromatic rings. The van der Waals surface area contributed by atoms with Gasteiger partial charge >= 0.3 is 5.97 Å². The average molecular weight is 437 g/mol. The summed E-state index contributed by atoms with van der Waals surface area (Å²) in [7, 11) is -0.0877. The number of methoxy groups -OCH3 is 1. The van der Waals surface area contributed by atoms with E-state index in [1.165, 1.54) is 11.3 Å². The lowest BCUT2D eigenvalue weighted by Crippen LogP contribution is -2.41. The van der Waals surface area contributed by atoms with Gasteiger partial charge in [-0.2, -0.15) is 0 Å². The van der Waals surface area contributed by atoms with Crippen LogP contribution in [0.2, 0.25) is 18.1 Å². The molecule has 0 spiro atoms. The van der Waals surface area contributed by atoms with Crippen LogP contribution < -0.4 is 4.74 Å². The molecule has 0 aliphatic rings.